The largest absolute Gasteiger partial charge is 0.438 e. The molecule has 0 amide bonds. The number of rotatable bonds is 3. The van der Waals surface area contributed by atoms with Gasteiger partial charge >= 0.3 is 0 Å². The summed E-state index contributed by atoms with van der Waals surface area (Å²) in [5, 5.41) is 0. The van der Waals surface area contributed by atoms with Crippen molar-refractivity contribution in [2.24, 2.45) is 0 Å². The lowest BCUT2D eigenvalue weighted by molar-refractivity contribution is 0.451. The molecule has 19 heavy (non-hydrogen) atoms. The van der Waals surface area contributed by atoms with Crippen molar-refractivity contribution in [3.63, 3.8) is 0 Å². The Morgan fingerprint density at radius 1 is 1.26 bits per heavy atom. The minimum atomic E-state index is -0.343. The second kappa shape index (κ2) is 4.50. The number of aryl methyl sites for hydroxylation is 1. The van der Waals surface area contributed by atoms with Crippen molar-refractivity contribution in [2.75, 3.05) is 5.73 Å². The molecule has 0 atom stereocenters. The highest BCUT2D eigenvalue weighted by Crippen LogP contribution is 2.39. The maximum atomic E-state index is 13.2. The van der Waals surface area contributed by atoms with E-state index in [-0.39, 0.29) is 5.82 Å². The highest BCUT2D eigenvalue weighted by atomic mass is 19.1. The van der Waals surface area contributed by atoms with Gasteiger partial charge in [-0.15, -0.1) is 0 Å². The number of hydrogen-bond acceptors (Lipinski definition) is 4. The van der Waals surface area contributed by atoms with Crippen molar-refractivity contribution in [1.82, 2.24) is 9.97 Å². The average Bonchev–Trinajstić information content (AvgIpc) is 3.17. The topological polar surface area (TPSA) is 61.0 Å². The van der Waals surface area contributed by atoms with E-state index >= 15 is 0 Å². The molecule has 98 valence electrons. The van der Waals surface area contributed by atoms with Gasteiger partial charge in [0.15, 0.2) is 0 Å². The van der Waals surface area contributed by atoms with Crippen LogP contribution >= 0.6 is 0 Å². The van der Waals surface area contributed by atoms with Crippen LogP contribution in [0.5, 0.6) is 11.6 Å². The lowest BCUT2D eigenvalue weighted by atomic mass is 10.2. The fourth-order valence-corrected chi connectivity index (χ4v) is 1.83. The number of nitrogens with zero attached hydrogens (tertiary/aromatic N) is 2. The first-order valence-corrected chi connectivity index (χ1v) is 6.20. The summed E-state index contributed by atoms with van der Waals surface area (Å²) in [6.45, 7) is 1.85. The smallest absolute Gasteiger partial charge is 0.224 e. The summed E-state index contributed by atoms with van der Waals surface area (Å²) < 4.78 is 18.8. The SMILES string of the molecule is Cc1ccc(F)cc1Oc1cc(N)nc(C2CC2)n1. The van der Waals surface area contributed by atoms with Crippen LogP contribution in [0.15, 0.2) is 24.3 Å². The zero-order chi connectivity index (χ0) is 13.4. The van der Waals surface area contributed by atoms with Gasteiger partial charge in [0, 0.05) is 18.1 Å². The van der Waals surface area contributed by atoms with Gasteiger partial charge in [0.1, 0.15) is 23.2 Å². The third kappa shape index (κ3) is 2.65. The Hall–Kier alpha value is -2.17. The van der Waals surface area contributed by atoms with Crippen LogP contribution in [0.25, 0.3) is 0 Å². The van der Waals surface area contributed by atoms with E-state index in [1.54, 1.807) is 12.1 Å². The van der Waals surface area contributed by atoms with Crippen LogP contribution in [0.4, 0.5) is 10.2 Å². The first-order chi connectivity index (χ1) is 9.11. The average molecular weight is 259 g/mol. The van der Waals surface area contributed by atoms with E-state index in [9.17, 15) is 4.39 Å². The van der Waals surface area contributed by atoms with Crippen molar-refractivity contribution in [3.05, 3.63) is 41.5 Å². The molecule has 0 bridgehead atoms. The molecule has 1 aliphatic carbocycles. The predicted octanol–water partition coefficient (Wildman–Crippen LogP) is 3.18. The van der Waals surface area contributed by atoms with Crippen LogP contribution in [0.3, 0.4) is 0 Å². The lowest BCUT2D eigenvalue weighted by Gasteiger charge is -2.09. The van der Waals surface area contributed by atoms with Crippen LogP contribution < -0.4 is 10.5 Å². The molecule has 1 aromatic carbocycles. The molecule has 1 heterocycles. The molecule has 1 aliphatic rings. The molecule has 0 radical (unpaired) electrons. The highest BCUT2D eigenvalue weighted by molar-refractivity contribution is 5.39. The minimum absolute atomic E-state index is 0.343. The Kier molecular flexibility index (Phi) is 2.81. The maximum absolute atomic E-state index is 13.2. The Morgan fingerprint density at radius 3 is 2.79 bits per heavy atom. The number of benzene rings is 1. The number of halogens is 1. The van der Waals surface area contributed by atoms with Crippen LogP contribution in [0.1, 0.15) is 30.1 Å². The lowest BCUT2D eigenvalue weighted by Crippen LogP contribution is -2.01. The van der Waals surface area contributed by atoms with Crippen LogP contribution in [0.2, 0.25) is 0 Å². The second-order valence-corrected chi connectivity index (χ2v) is 4.78. The number of nitrogen functional groups attached to an aromatic ring is 1. The standard InChI is InChI=1S/C14H14FN3O/c1-8-2-5-10(15)6-11(8)19-13-7-12(16)17-14(18-13)9-3-4-9/h2,5-7,9H,3-4H2,1H3,(H2,16,17,18). The summed E-state index contributed by atoms with van der Waals surface area (Å²) >= 11 is 0. The van der Waals surface area contributed by atoms with Gasteiger partial charge in [0.2, 0.25) is 5.88 Å². The third-order valence-electron chi connectivity index (χ3n) is 3.05. The highest BCUT2D eigenvalue weighted by Gasteiger charge is 2.27. The first kappa shape index (κ1) is 11.9. The maximum Gasteiger partial charge on any atom is 0.224 e. The number of nitrogens with two attached hydrogens (primary N) is 1. The minimum Gasteiger partial charge on any atom is -0.438 e. The fraction of sp³-hybridized carbons (Fsp3) is 0.286. The van der Waals surface area contributed by atoms with E-state index in [0.29, 0.717) is 29.2 Å². The molecule has 1 fully saturated rings. The Labute approximate surface area is 110 Å². The zero-order valence-electron chi connectivity index (χ0n) is 10.6. The van der Waals surface area contributed by atoms with E-state index in [1.165, 1.54) is 12.1 Å². The monoisotopic (exact) mass is 259 g/mol. The van der Waals surface area contributed by atoms with E-state index < -0.39 is 0 Å². The van der Waals surface area contributed by atoms with Gasteiger partial charge in [0.05, 0.1) is 0 Å². The molecular weight excluding hydrogens is 245 g/mol. The molecule has 1 aromatic heterocycles. The molecule has 5 heteroatoms. The number of ether oxygens (including phenoxy) is 1. The van der Waals surface area contributed by atoms with Gasteiger partial charge in [-0.3, -0.25) is 0 Å². The summed E-state index contributed by atoms with van der Waals surface area (Å²) in [5.41, 5.74) is 6.58. The molecule has 1 saturated carbocycles. The van der Waals surface area contributed by atoms with E-state index in [1.807, 2.05) is 6.92 Å². The number of aromatic nitrogens is 2. The van der Waals surface area contributed by atoms with Crippen molar-refractivity contribution >= 4 is 5.82 Å². The van der Waals surface area contributed by atoms with E-state index in [4.69, 9.17) is 10.5 Å². The quantitative estimate of drug-likeness (QED) is 0.919. The second-order valence-electron chi connectivity index (χ2n) is 4.78. The van der Waals surface area contributed by atoms with Gasteiger partial charge in [0.25, 0.3) is 0 Å². The molecule has 4 nitrogen and oxygen atoms in total. The molecule has 2 aromatic rings. The fourth-order valence-electron chi connectivity index (χ4n) is 1.83. The van der Waals surface area contributed by atoms with Gasteiger partial charge in [-0.1, -0.05) is 6.07 Å². The normalized spacial score (nSPS) is 14.4. The van der Waals surface area contributed by atoms with Gasteiger partial charge in [-0.05, 0) is 31.4 Å². The van der Waals surface area contributed by atoms with Crippen LogP contribution in [-0.4, -0.2) is 9.97 Å². The summed E-state index contributed by atoms with van der Waals surface area (Å²) in [6, 6.07) is 5.95. The van der Waals surface area contributed by atoms with Crippen LogP contribution in [0, 0.1) is 12.7 Å². The Balaban J connectivity index is 1.92. The summed E-state index contributed by atoms with van der Waals surface area (Å²) in [7, 11) is 0. The Morgan fingerprint density at radius 2 is 2.05 bits per heavy atom. The van der Waals surface area contributed by atoms with Crippen LogP contribution in [-0.2, 0) is 0 Å². The van der Waals surface area contributed by atoms with Gasteiger partial charge in [-0.2, -0.15) is 4.98 Å². The van der Waals surface area contributed by atoms with Crippen molar-refractivity contribution in [2.45, 2.75) is 25.7 Å². The summed E-state index contributed by atoms with van der Waals surface area (Å²) in [5.74, 6) is 1.94. The predicted molar refractivity (Wildman–Crippen MR) is 69.6 cm³/mol. The molecule has 0 saturated heterocycles. The van der Waals surface area contributed by atoms with Gasteiger partial charge in [-0.25, -0.2) is 9.37 Å². The van der Waals surface area contributed by atoms with Crippen molar-refractivity contribution in [3.8, 4) is 11.6 Å². The first-order valence-electron chi connectivity index (χ1n) is 6.20. The van der Waals surface area contributed by atoms with Crippen molar-refractivity contribution < 1.29 is 9.13 Å². The zero-order valence-corrected chi connectivity index (χ0v) is 10.6. The third-order valence-corrected chi connectivity index (χ3v) is 3.05. The number of hydrogen-bond donors (Lipinski definition) is 1. The van der Waals surface area contributed by atoms with E-state index in [2.05, 4.69) is 9.97 Å². The van der Waals surface area contributed by atoms with Crippen molar-refractivity contribution in [1.29, 1.82) is 0 Å². The van der Waals surface area contributed by atoms with E-state index in [0.717, 1.165) is 18.4 Å². The Bertz CT molecular complexity index is 626. The molecule has 3 rings (SSSR count). The van der Waals surface area contributed by atoms with Gasteiger partial charge < -0.3 is 10.5 Å². The summed E-state index contributed by atoms with van der Waals surface area (Å²) in [4.78, 5) is 8.52. The summed E-state index contributed by atoms with van der Waals surface area (Å²) in [6.07, 6.45) is 2.17. The molecule has 0 spiro atoms. The molecule has 0 aliphatic heterocycles. The molecule has 0 unspecified atom stereocenters. The molecule has 2 N–H and O–H groups in total. The number of anilines is 1. The molecular formula is C14H14FN3O.